The lowest BCUT2D eigenvalue weighted by Gasteiger charge is -2.18. The monoisotopic (exact) mass is 287 g/mol. The summed E-state index contributed by atoms with van der Waals surface area (Å²) in [4.78, 5) is 14.7. The number of nitrogens with zero attached hydrogens (tertiary/aromatic N) is 2. The summed E-state index contributed by atoms with van der Waals surface area (Å²) in [5, 5.41) is 9.59. The van der Waals surface area contributed by atoms with Gasteiger partial charge in [-0.25, -0.2) is 0 Å². The Morgan fingerprint density at radius 2 is 2.25 bits per heavy atom. The average molecular weight is 287 g/mol. The number of thiophene rings is 1. The minimum Gasteiger partial charge on any atom is -0.397 e. The lowest BCUT2D eigenvalue weighted by molar-refractivity contribution is 0.0773. The van der Waals surface area contributed by atoms with Crippen molar-refractivity contribution < 1.29 is 4.79 Å². The minimum atomic E-state index is -0.0842. The van der Waals surface area contributed by atoms with E-state index in [4.69, 9.17) is 11.0 Å². The van der Waals surface area contributed by atoms with Gasteiger partial charge in [0.15, 0.2) is 0 Å². The van der Waals surface area contributed by atoms with Crippen LogP contribution in [-0.2, 0) is 0 Å². The van der Waals surface area contributed by atoms with Crippen molar-refractivity contribution in [3.8, 4) is 6.07 Å². The molecule has 0 saturated heterocycles. The van der Waals surface area contributed by atoms with Gasteiger partial charge in [-0.1, -0.05) is 11.6 Å². The SMILES string of the molecule is CCN(CCC#N)C(=O)c1sc2ccc(C)cc2c1N. The molecule has 1 heterocycles. The molecular weight excluding hydrogens is 270 g/mol. The minimum absolute atomic E-state index is 0.0842. The lowest BCUT2D eigenvalue weighted by Crippen LogP contribution is -2.31. The Balaban J connectivity index is 2.39. The molecule has 104 valence electrons. The van der Waals surface area contributed by atoms with Gasteiger partial charge in [0.25, 0.3) is 5.91 Å². The zero-order valence-corrected chi connectivity index (χ0v) is 12.5. The van der Waals surface area contributed by atoms with E-state index in [-0.39, 0.29) is 5.91 Å². The van der Waals surface area contributed by atoms with Crippen LogP contribution in [-0.4, -0.2) is 23.9 Å². The van der Waals surface area contributed by atoms with Crippen molar-refractivity contribution in [2.75, 3.05) is 18.8 Å². The topological polar surface area (TPSA) is 70.1 Å². The molecule has 1 amide bonds. The highest BCUT2D eigenvalue weighted by Gasteiger charge is 2.20. The summed E-state index contributed by atoms with van der Waals surface area (Å²) < 4.78 is 1.02. The van der Waals surface area contributed by atoms with Gasteiger partial charge in [0.2, 0.25) is 0 Å². The first-order valence-electron chi connectivity index (χ1n) is 6.53. The summed E-state index contributed by atoms with van der Waals surface area (Å²) in [7, 11) is 0. The van der Waals surface area contributed by atoms with E-state index in [9.17, 15) is 4.79 Å². The summed E-state index contributed by atoms with van der Waals surface area (Å²) in [5.74, 6) is -0.0842. The summed E-state index contributed by atoms with van der Waals surface area (Å²) in [6, 6.07) is 8.08. The van der Waals surface area contributed by atoms with E-state index in [1.807, 2.05) is 32.0 Å². The van der Waals surface area contributed by atoms with Gasteiger partial charge in [0.05, 0.1) is 18.2 Å². The van der Waals surface area contributed by atoms with E-state index in [0.717, 1.165) is 15.6 Å². The van der Waals surface area contributed by atoms with Crippen molar-refractivity contribution in [1.29, 1.82) is 5.26 Å². The first kappa shape index (κ1) is 14.4. The second kappa shape index (κ2) is 5.93. The van der Waals surface area contributed by atoms with Crippen molar-refractivity contribution in [3.05, 3.63) is 28.6 Å². The van der Waals surface area contributed by atoms with E-state index in [0.29, 0.717) is 30.1 Å². The molecule has 4 nitrogen and oxygen atoms in total. The Labute approximate surface area is 122 Å². The first-order valence-corrected chi connectivity index (χ1v) is 7.35. The molecule has 0 spiro atoms. The highest BCUT2D eigenvalue weighted by Crippen LogP contribution is 2.34. The van der Waals surface area contributed by atoms with Gasteiger partial charge >= 0.3 is 0 Å². The fourth-order valence-corrected chi connectivity index (χ4v) is 3.19. The number of amides is 1. The van der Waals surface area contributed by atoms with Crippen molar-refractivity contribution in [2.24, 2.45) is 0 Å². The number of nitriles is 1. The van der Waals surface area contributed by atoms with Crippen LogP contribution in [0.1, 0.15) is 28.6 Å². The Bertz CT molecular complexity index is 684. The largest absolute Gasteiger partial charge is 0.397 e. The number of aryl methyl sites for hydroxylation is 1. The fraction of sp³-hybridized carbons (Fsp3) is 0.333. The first-order chi connectivity index (χ1) is 9.58. The molecule has 1 aromatic heterocycles. The van der Waals surface area contributed by atoms with Crippen LogP contribution < -0.4 is 5.73 Å². The van der Waals surface area contributed by atoms with E-state index >= 15 is 0 Å². The number of anilines is 1. The number of nitrogen functional groups attached to an aromatic ring is 1. The predicted octanol–water partition coefficient (Wildman–Crippen LogP) is 3.17. The maximum absolute atomic E-state index is 12.5. The number of nitrogens with two attached hydrogens (primary N) is 1. The molecule has 0 aliphatic rings. The average Bonchev–Trinajstić information content (AvgIpc) is 2.76. The van der Waals surface area contributed by atoms with Crippen molar-refractivity contribution in [3.63, 3.8) is 0 Å². The van der Waals surface area contributed by atoms with Crippen LogP contribution in [0.4, 0.5) is 5.69 Å². The van der Waals surface area contributed by atoms with Crippen LogP contribution >= 0.6 is 11.3 Å². The summed E-state index contributed by atoms with van der Waals surface area (Å²) in [6.45, 7) is 4.93. The predicted molar refractivity (Wildman–Crippen MR) is 82.8 cm³/mol. The highest BCUT2D eigenvalue weighted by atomic mass is 32.1. The van der Waals surface area contributed by atoms with E-state index in [2.05, 4.69) is 6.07 Å². The molecule has 0 aliphatic heterocycles. The molecular formula is C15H17N3OS. The van der Waals surface area contributed by atoms with E-state index in [1.54, 1.807) is 4.90 Å². The molecule has 0 atom stereocenters. The number of benzene rings is 1. The van der Waals surface area contributed by atoms with Crippen molar-refractivity contribution in [2.45, 2.75) is 20.3 Å². The van der Waals surface area contributed by atoms with Crippen molar-refractivity contribution >= 4 is 33.0 Å². The van der Waals surface area contributed by atoms with E-state index < -0.39 is 0 Å². The molecule has 20 heavy (non-hydrogen) atoms. The normalized spacial score (nSPS) is 10.4. The second-order valence-corrected chi connectivity index (χ2v) is 5.69. The van der Waals surface area contributed by atoms with Gasteiger partial charge in [-0.3, -0.25) is 4.79 Å². The third kappa shape index (κ3) is 2.61. The van der Waals surface area contributed by atoms with Gasteiger partial charge in [-0.05, 0) is 26.0 Å². The quantitative estimate of drug-likeness (QED) is 0.939. The number of fused-ring (bicyclic) bond motifs is 1. The summed E-state index contributed by atoms with van der Waals surface area (Å²) in [6.07, 6.45) is 0.337. The lowest BCUT2D eigenvalue weighted by atomic mass is 10.1. The molecule has 1 aromatic carbocycles. The summed E-state index contributed by atoms with van der Waals surface area (Å²) >= 11 is 1.42. The fourth-order valence-electron chi connectivity index (χ4n) is 2.12. The van der Waals surface area contributed by atoms with Gasteiger partial charge in [0.1, 0.15) is 4.88 Å². The maximum Gasteiger partial charge on any atom is 0.266 e. The van der Waals surface area contributed by atoms with Crippen LogP contribution in [0, 0.1) is 18.3 Å². The molecule has 0 aliphatic carbocycles. The van der Waals surface area contributed by atoms with Crippen LogP contribution in [0.25, 0.3) is 10.1 Å². The van der Waals surface area contributed by atoms with Crippen molar-refractivity contribution in [1.82, 2.24) is 4.90 Å². The Morgan fingerprint density at radius 3 is 2.90 bits per heavy atom. The highest BCUT2D eigenvalue weighted by molar-refractivity contribution is 7.21. The molecule has 2 rings (SSSR count). The Kier molecular flexibility index (Phi) is 4.26. The molecule has 2 N–H and O–H groups in total. The standard InChI is InChI=1S/C15H17N3OS/c1-3-18(8-4-7-16)15(19)14-13(17)11-9-10(2)5-6-12(11)20-14/h5-6,9H,3-4,8,17H2,1-2H3. The van der Waals surface area contributed by atoms with Crippen LogP contribution in [0.5, 0.6) is 0 Å². The van der Waals surface area contributed by atoms with Gasteiger partial charge < -0.3 is 10.6 Å². The zero-order valence-electron chi connectivity index (χ0n) is 11.6. The third-order valence-corrected chi connectivity index (χ3v) is 4.41. The Morgan fingerprint density at radius 1 is 1.50 bits per heavy atom. The van der Waals surface area contributed by atoms with Gasteiger partial charge in [-0.15, -0.1) is 11.3 Å². The maximum atomic E-state index is 12.5. The van der Waals surface area contributed by atoms with E-state index in [1.165, 1.54) is 11.3 Å². The van der Waals surface area contributed by atoms with Crippen LogP contribution in [0.15, 0.2) is 18.2 Å². The third-order valence-electron chi connectivity index (χ3n) is 3.24. The number of hydrogen-bond donors (Lipinski definition) is 1. The number of carbonyl (C=O) groups is 1. The molecule has 0 radical (unpaired) electrons. The van der Waals surface area contributed by atoms with Crippen LogP contribution in [0.3, 0.4) is 0 Å². The molecule has 0 saturated carbocycles. The molecule has 0 bridgehead atoms. The number of hydrogen-bond acceptors (Lipinski definition) is 4. The zero-order chi connectivity index (χ0) is 14.7. The Hall–Kier alpha value is -2.06. The smallest absolute Gasteiger partial charge is 0.266 e. The molecule has 0 unspecified atom stereocenters. The second-order valence-electron chi connectivity index (χ2n) is 4.64. The van der Waals surface area contributed by atoms with Gasteiger partial charge in [-0.2, -0.15) is 5.26 Å². The molecule has 5 heteroatoms. The molecule has 0 fully saturated rings. The number of rotatable bonds is 4. The van der Waals surface area contributed by atoms with Crippen LogP contribution in [0.2, 0.25) is 0 Å². The number of carbonyl (C=O) groups excluding carboxylic acids is 1. The van der Waals surface area contributed by atoms with Gasteiger partial charge in [0, 0.05) is 23.2 Å². The summed E-state index contributed by atoms with van der Waals surface area (Å²) in [5.41, 5.74) is 7.80. The molecule has 2 aromatic rings.